The van der Waals surface area contributed by atoms with Crippen LogP contribution in [0.15, 0.2) is 0 Å². The Hall–Kier alpha value is -0.610. The van der Waals surface area contributed by atoms with Crippen molar-refractivity contribution in [2.24, 2.45) is 5.73 Å². The van der Waals surface area contributed by atoms with Gasteiger partial charge in [0.2, 0.25) is 5.91 Å². The van der Waals surface area contributed by atoms with Crippen molar-refractivity contribution in [3.63, 3.8) is 0 Å². The number of likely N-dealkylation sites (N-methyl/N-ethyl adjacent to an activating group) is 1. The van der Waals surface area contributed by atoms with Crippen molar-refractivity contribution >= 4 is 5.91 Å². The molecule has 0 radical (unpaired) electrons. The summed E-state index contributed by atoms with van der Waals surface area (Å²) in [5, 5.41) is 2.90. The quantitative estimate of drug-likeness (QED) is 0.642. The van der Waals surface area contributed by atoms with Gasteiger partial charge in [-0.2, -0.15) is 0 Å². The fourth-order valence-corrected chi connectivity index (χ4v) is 1.74. The zero-order valence-corrected chi connectivity index (χ0v) is 10.5. The highest BCUT2D eigenvalue weighted by Crippen LogP contribution is 2.24. The molecule has 1 fully saturated rings. The zero-order chi connectivity index (χ0) is 12.0. The van der Waals surface area contributed by atoms with Gasteiger partial charge in [-0.05, 0) is 26.3 Å². The van der Waals surface area contributed by atoms with Gasteiger partial charge < -0.3 is 16.0 Å². The number of carbonyl (C=O) groups excluding carboxylic acids is 1. The number of hydrogen-bond acceptors (Lipinski definition) is 3. The summed E-state index contributed by atoms with van der Waals surface area (Å²) in [6.45, 7) is 3.75. The molecule has 0 spiro atoms. The average molecular weight is 227 g/mol. The van der Waals surface area contributed by atoms with Crippen molar-refractivity contribution in [3.8, 4) is 0 Å². The van der Waals surface area contributed by atoms with E-state index in [-0.39, 0.29) is 11.9 Å². The van der Waals surface area contributed by atoms with E-state index in [2.05, 4.69) is 24.2 Å². The average Bonchev–Trinajstić information content (AvgIpc) is 3.09. The van der Waals surface area contributed by atoms with Crippen LogP contribution in [0.2, 0.25) is 0 Å². The summed E-state index contributed by atoms with van der Waals surface area (Å²) >= 11 is 0. The summed E-state index contributed by atoms with van der Waals surface area (Å²) in [5.41, 5.74) is 5.77. The van der Waals surface area contributed by atoms with E-state index < -0.39 is 0 Å². The molecule has 1 saturated carbocycles. The molecule has 1 aliphatic carbocycles. The summed E-state index contributed by atoms with van der Waals surface area (Å²) in [6, 6.07) is 0.428. The van der Waals surface area contributed by atoms with Crippen LogP contribution in [-0.2, 0) is 4.79 Å². The highest BCUT2D eigenvalue weighted by Gasteiger charge is 2.25. The van der Waals surface area contributed by atoms with Crippen molar-refractivity contribution in [1.82, 2.24) is 10.2 Å². The second kappa shape index (κ2) is 6.86. The van der Waals surface area contributed by atoms with Crippen LogP contribution in [0.5, 0.6) is 0 Å². The molecule has 0 aromatic heterocycles. The minimum Gasteiger partial charge on any atom is -0.353 e. The fourth-order valence-electron chi connectivity index (χ4n) is 1.74. The van der Waals surface area contributed by atoms with Crippen LogP contribution >= 0.6 is 0 Å². The lowest BCUT2D eigenvalue weighted by molar-refractivity contribution is -0.122. The van der Waals surface area contributed by atoms with Crippen LogP contribution in [0.4, 0.5) is 0 Å². The van der Waals surface area contributed by atoms with Gasteiger partial charge >= 0.3 is 0 Å². The van der Waals surface area contributed by atoms with Gasteiger partial charge in [0.05, 0.1) is 6.04 Å². The Morgan fingerprint density at radius 2 is 2.25 bits per heavy atom. The van der Waals surface area contributed by atoms with Crippen molar-refractivity contribution in [1.29, 1.82) is 0 Å². The molecule has 1 amide bonds. The largest absolute Gasteiger partial charge is 0.353 e. The van der Waals surface area contributed by atoms with E-state index in [4.69, 9.17) is 5.73 Å². The third-order valence-corrected chi connectivity index (χ3v) is 3.14. The number of rotatable bonds is 8. The molecule has 16 heavy (non-hydrogen) atoms. The maximum atomic E-state index is 11.6. The molecule has 0 aromatic carbocycles. The first-order valence-corrected chi connectivity index (χ1v) is 6.38. The van der Waals surface area contributed by atoms with E-state index in [1.807, 2.05) is 0 Å². The van der Waals surface area contributed by atoms with Crippen molar-refractivity contribution < 1.29 is 4.79 Å². The second-order valence-electron chi connectivity index (χ2n) is 4.75. The van der Waals surface area contributed by atoms with E-state index >= 15 is 0 Å². The lowest BCUT2D eigenvalue weighted by atomic mass is 10.1. The van der Waals surface area contributed by atoms with E-state index in [0.717, 1.165) is 31.8 Å². The summed E-state index contributed by atoms with van der Waals surface area (Å²) < 4.78 is 0. The summed E-state index contributed by atoms with van der Waals surface area (Å²) in [5.74, 6) is -0.00218. The van der Waals surface area contributed by atoms with Crippen LogP contribution < -0.4 is 11.1 Å². The topological polar surface area (TPSA) is 58.4 Å². The van der Waals surface area contributed by atoms with E-state index in [9.17, 15) is 4.79 Å². The van der Waals surface area contributed by atoms with Crippen LogP contribution in [0, 0.1) is 0 Å². The van der Waals surface area contributed by atoms with Crippen molar-refractivity contribution in [2.75, 3.05) is 20.1 Å². The monoisotopic (exact) mass is 227 g/mol. The molecular weight excluding hydrogens is 202 g/mol. The number of nitrogens with two attached hydrogens (primary N) is 1. The van der Waals surface area contributed by atoms with Gasteiger partial charge in [0.1, 0.15) is 0 Å². The second-order valence-corrected chi connectivity index (χ2v) is 4.75. The Balaban J connectivity index is 2.04. The number of nitrogens with zero attached hydrogens (tertiary/aromatic N) is 1. The smallest absolute Gasteiger partial charge is 0.236 e. The first kappa shape index (κ1) is 13.5. The standard InChI is InChI=1S/C12H25N3O/c1-3-4-5-11(13)12(16)14-8-9-15(2)10-6-7-10/h10-11H,3-9,13H2,1-2H3,(H,14,16)/t11-/m0/s1. The number of carbonyl (C=O) groups is 1. The first-order valence-electron chi connectivity index (χ1n) is 6.38. The molecule has 0 aliphatic heterocycles. The molecule has 4 nitrogen and oxygen atoms in total. The predicted octanol–water partition coefficient (Wildman–Crippen LogP) is 0.714. The van der Waals surface area contributed by atoms with Gasteiger partial charge in [0.15, 0.2) is 0 Å². The molecule has 0 saturated heterocycles. The number of amides is 1. The molecular formula is C12H25N3O. The first-order chi connectivity index (χ1) is 7.65. The predicted molar refractivity (Wildman–Crippen MR) is 66.2 cm³/mol. The van der Waals surface area contributed by atoms with Crippen LogP contribution in [0.25, 0.3) is 0 Å². The Labute approximate surface area is 98.6 Å². The van der Waals surface area contributed by atoms with E-state index in [0.29, 0.717) is 6.54 Å². The summed E-state index contributed by atoms with van der Waals surface area (Å²) in [7, 11) is 2.11. The third kappa shape index (κ3) is 4.94. The van der Waals surface area contributed by atoms with Gasteiger partial charge in [-0.3, -0.25) is 4.79 Å². The van der Waals surface area contributed by atoms with Crippen LogP contribution in [0.3, 0.4) is 0 Å². The minimum absolute atomic E-state index is 0.00218. The van der Waals surface area contributed by atoms with Gasteiger partial charge in [-0.1, -0.05) is 19.8 Å². The third-order valence-electron chi connectivity index (χ3n) is 3.14. The van der Waals surface area contributed by atoms with Crippen LogP contribution in [0.1, 0.15) is 39.0 Å². The molecule has 0 bridgehead atoms. The molecule has 94 valence electrons. The lowest BCUT2D eigenvalue weighted by Crippen LogP contribution is -2.43. The fraction of sp³-hybridized carbons (Fsp3) is 0.917. The SMILES string of the molecule is CCCC[C@H](N)C(=O)NCCN(C)C1CC1. The molecule has 4 heteroatoms. The normalized spacial score (nSPS) is 17.5. The lowest BCUT2D eigenvalue weighted by Gasteiger charge is -2.17. The Morgan fingerprint density at radius 3 is 2.81 bits per heavy atom. The zero-order valence-electron chi connectivity index (χ0n) is 10.5. The Morgan fingerprint density at radius 1 is 1.56 bits per heavy atom. The van der Waals surface area contributed by atoms with E-state index in [1.165, 1.54) is 12.8 Å². The number of unbranched alkanes of at least 4 members (excludes halogenated alkanes) is 1. The van der Waals surface area contributed by atoms with Crippen LogP contribution in [-0.4, -0.2) is 43.0 Å². The highest BCUT2D eigenvalue weighted by molar-refractivity contribution is 5.81. The Kier molecular flexibility index (Phi) is 5.77. The molecule has 0 heterocycles. The molecule has 1 aliphatic rings. The molecule has 0 unspecified atom stereocenters. The summed E-state index contributed by atoms with van der Waals surface area (Å²) in [6.07, 6.45) is 5.52. The van der Waals surface area contributed by atoms with Gasteiger partial charge in [-0.15, -0.1) is 0 Å². The van der Waals surface area contributed by atoms with Gasteiger partial charge in [0, 0.05) is 19.1 Å². The number of hydrogen-bond donors (Lipinski definition) is 2. The van der Waals surface area contributed by atoms with Crippen molar-refractivity contribution in [3.05, 3.63) is 0 Å². The molecule has 1 atom stereocenters. The minimum atomic E-state index is -0.328. The molecule has 0 aromatic rings. The maximum absolute atomic E-state index is 11.6. The van der Waals surface area contributed by atoms with Gasteiger partial charge in [-0.25, -0.2) is 0 Å². The van der Waals surface area contributed by atoms with Gasteiger partial charge in [0.25, 0.3) is 0 Å². The number of nitrogens with one attached hydrogen (secondary N) is 1. The Bertz CT molecular complexity index is 216. The van der Waals surface area contributed by atoms with Crippen molar-refractivity contribution in [2.45, 2.75) is 51.1 Å². The molecule has 1 rings (SSSR count). The van der Waals surface area contributed by atoms with E-state index in [1.54, 1.807) is 0 Å². The highest BCUT2D eigenvalue weighted by atomic mass is 16.2. The summed E-state index contributed by atoms with van der Waals surface area (Å²) in [4.78, 5) is 13.9. The maximum Gasteiger partial charge on any atom is 0.236 e. The molecule has 3 N–H and O–H groups in total.